The summed E-state index contributed by atoms with van der Waals surface area (Å²) in [4.78, 5) is 22.4. The van der Waals surface area contributed by atoms with Gasteiger partial charge in [0.05, 0.1) is 26.7 Å². The molecule has 0 unspecified atom stereocenters. The SMILES string of the molecule is COC(=O)c1ccc(-c2ccc(C(=O)OC)o2)o1.c1coc(-c2ccco2)c1. The maximum atomic E-state index is 11.2. The second kappa shape index (κ2) is 8.63. The van der Waals surface area contributed by atoms with Crippen LogP contribution in [0.5, 0.6) is 0 Å². The molecule has 0 atom stereocenters. The van der Waals surface area contributed by atoms with E-state index in [-0.39, 0.29) is 11.5 Å². The second-order valence-corrected chi connectivity index (χ2v) is 5.27. The minimum absolute atomic E-state index is 0.0588. The van der Waals surface area contributed by atoms with Crippen LogP contribution >= 0.6 is 0 Å². The molecule has 4 rings (SSSR count). The maximum Gasteiger partial charge on any atom is 0.373 e. The van der Waals surface area contributed by atoms with Crippen molar-refractivity contribution in [3.05, 3.63) is 72.6 Å². The van der Waals surface area contributed by atoms with Crippen molar-refractivity contribution in [1.82, 2.24) is 0 Å². The minimum Gasteiger partial charge on any atom is -0.463 e. The zero-order valence-electron chi connectivity index (χ0n) is 15.0. The van der Waals surface area contributed by atoms with Crippen molar-refractivity contribution in [1.29, 1.82) is 0 Å². The van der Waals surface area contributed by atoms with Crippen LogP contribution in [-0.4, -0.2) is 26.2 Å². The highest BCUT2D eigenvalue weighted by Crippen LogP contribution is 2.25. The van der Waals surface area contributed by atoms with Gasteiger partial charge in [0.15, 0.2) is 23.0 Å². The molecule has 0 N–H and O–H groups in total. The Morgan fingerprint density at radius 3 is 1.39 bits per heavy atom. The van der Waals surface area contributed by atoms with Gasteiger partial charge in [0.25, 0.3) is 0 Å². The highest BCUT2D eigenvalue weighted by Gasteiger charge is 2.17. The van der Waals surface area contributed by atoms with E-state index in [1.807, 2.05) is 24.3 Å². The number of carbonyl (C=O) groups excluding carboxylic acids is 2. The summed E-state index contributed by atoms with van der Waals surface area (Å²) in [5.74, 6) is 1.14. The Hall–Kier alpha value is -3.94. The Morgan fingerprint density at radius 2 is 1.07 bits per heavy atom. The van der Waals surface area contributed by atoms with Crippen LogP contribution in [0.2, 0.25) is 0 Å². The molecular formula is C20H16O8. The van der Waals surface area contributed by atoms with E-state index in [1.54, 1.807) is 24.7 Å². The molecule has 0 saturated heterocycles. The van der Waals surface area contributed by atoms with Gasteiger partial charge in [0.2, 0.25) is 11.5 Å². The number of hydrogen-bond acceptors (Lipinski definition) is 8. The monoisotopic (exact) mass is 384 g/mol. The standard InChI is InChI=1S/C12H10O6.C8H6O2/c1-15-11(13)9-5-3-7(17-9)8-4-6-10(18-8)12(14)16-2;1-3-7(9-5-1)8-4-2-6-10-8/h3-6H,1-2H3;1-6H. The molecule has 0 spiro atoms. The van der Waals surface area contributed by atoms with E-state index in [0.717, 1.165) is 11.5 Å². The quantitative estimate of drug-likeness (QED) is 0.468. The van der Waals surface area contributed by atoms with E-state index in [0.29, 0.717) is 11.5 Å². The molecule has 0 saturated carbocycles. The molecule has 4 aromatic rings. The first-order valence-electron chi connectivity index (χ1n) is 8.06. The van der Waals surface area contributed by atoms with E-state index >= 15 is 0 Å². The Balaban J connectivity index is 0.000000188. The van der Waals surface area contributed by atoms with Gasteiger partial charge < -0.3 is 27.1 Å². The minimum atomic E-state index is -0.582. The summed E-state index contributed by atoms with van der Waals surface area (Å²) < 4.78 is 29.6. The fraction of sp³-hybridized carbons (Fsp3) is 0.100. The Bertz CT molecular complexity index is 934. The van der Waals surface area contributed by atoms with Gasteiger partial charge >= 0.3 is 11.9 Å². The highest BCUT2D eigenvalue weighted by atomic mass is 16.5. The smallest absolute Gasteiger partial charge is 0.373 e. The molecule has 4 heterocycles. The van der Waals surface area contributed by atoms with Crippen molar-refractivity contribution in [2.75, 3.05) is 14.2 Å². The van der Waals surface area contributed by atoms with Gasteiger partial charge in [-0.15, -0.1) is 0 Å². The zero-order chi connectivity index (χ0) is 19.9. The molecular weight excluding hydrogens is 368 g/mol. The topological polar surface area (TPSA) is 105 Å². The van der Waals surface area contributed by atoms with Gasteiger partial charge in [-0.2, -0.15) is 0 Å². The number of methoxy groups -OCH3 is 2. The summed E-state index contributed by atoms with van der Waals surface area (Å²) in [6.45, 7) is 0. The highest BCUT2D eigenvalue weighted by molar-refractivity contribution is 5.88. The summed E-state index contributed by atoms with van der Waals surface area (Å²) >= 11 is 0. The van der Waals surface area contributed by atoms with Gasteiger partial charge in [-0.1, -0.05) is 0 Å². The molecule has 0 aliphatic carbocycles. The third-order valence-electron chi connectivity index (χ3n) is 3.51. The fourth-order valence-electron chi connectivity index (χ4n) is 2.20. The van der Waals surface area contributed by atoms with E-state index in [4.69, 9.17) is 17.7 Å². The number of carbonyl (C=O) groups is 2. The van der Waals surface area contributed by atoms with E-state index in [9.17, 15) is 9.59 Å². The van der Waals surface area contributed by atoms with Crippen molar-refractivity contribution in [3.63, 3.8) is 0 Å². The zero-order valence-corrected chi connectivity index (χ0v) is 15.0. The predicted octanol–water partition coefficient (Wildman–Crippen LogP) is 4.65. The van der Waals surface area contributed by atoms with Gasteiger partial charge in [0, 0.05) is 0 Å². The van der Waals surface area contributed by atoms with Crippen LogP contribution < -0.4 is 0 Å². The van der Waals surface area contributed by atoms with E-state index in [1.165, 1.54) is 26.4 Å². The summed E-state index contributed by atoms with van der Waals surface area (Å²) in [6, 6.07) is 13.4. The van der Waals surface area contributed by atoms with Gasteiger partial charge in [-0.25, -0.2) is 9.59 Å². The van der Waals surface area contributed by atoms with Gasteiger partial charge in [0.1, 0.15) is 0 Å². The van der Waals surface area contributed by atoms with Crippen molar-refractivity contribution in [3.8, 4) is 23.0 Å². The molecule has 8 nitrogen and oxygen atoms in total. The summed E-state index contributed by atoms with van der Waals surface area (Å²) in [5, 5.41) is 0. The molecule has 0 radical (unpaired) electrons. The summed E-state index contributed by atoms with van der Waals surface area (Å²) in [5.41, 5.74) is 0. The lowest BCUT2D eigenvalue weighted by atomic mass is 10.3. The Morgan fingerprint density at radius 1 is 0.643 bits per heavy atom. The third kappa shape index (κ3) is 4.24. The van der Waals surface area contributed by atoms with E-state index < -0.39 is 11.9 Å². The van der Waals surface area contributed by atoms with Crippen LogP contribution in [0, 0.1) is 0 Å². The molecule has 0 fully saturated rings. The maximum absolute atomic E-state index is 11.2. The van der Waals surface area contributed by atoms with Crippen molar-refractivity contribution in [2.24, 2.45) is 0 Å². The Kier molecular flexibility index (Phi) is 5.81. The summed E-state index contributed by atoms with van der Waals surface area (Å²) in [6.07, 6.45) is 3.25. The molecule has 0 aliphatic rings. The average molecular weight is 384 g/mol. The molecule has 144 valence electrons. The second-order valence-electron chi connectivity index (χ2n) is 5.27. The first-order chi connectivity index (χ1) is 13.6. The normalized spacial score (nSPS) is 10.1. The lowest BCUT2D eigenvalue weighted by Gasteiger charge is -1.94. The number of furan rings is 4. The van der Waals surface area contributed by atoms with Crippen LogP contribution in [0.25, 0.3) is 23.0 Å². The van der Waals surface area contributed by atoms with Crippen molar-refractivity contribution in [2.45, 2.75) is 0 Å². The van der Waals surface area contributed by atoms with Crippen molar-refractivity contribution < 1.29 is 36.7 Å². The lowest BCUT2D eigenvalue weighted by Crippen LogP contribution is -1.98. The lowest BCUT2D eigenvalue weighted by molar-refractivity contribution is 0.0554. The number of ether oxygens (including phenoxy) is 2. The predicted molar refractivity (Wildman–Crippen MR) is 95.5 cm³/mol. The van der Waals surface area contributed by atoms with E-state index in [2.05, 4.69) is 9.47 Å². The molecule has 28 heavy (non-hydrogen) atoms. The fourth-order valence-corrected chi connectivity index (χ4v) is 2.20. The number of rotatable bonds is 4. The Labute approximate surface area is 159 Å². The van der Waals surface area contributed by atoms with Crippen LogP contribution in [0.4, 0.5) is 0 Å². The summed E-state index contributed by atoms with van der Waals surface area (Å²) in [7, 11) is 2.51. The molecule has 0 aromatic carbocycles. The van der Waals surface area contributed by atoms with Gasteiger partial charge in [-0.05, 0) is 48.5 Å². The first kappa shape index (κ1) is 18.8. The van der Waals surface area contributed by atoms with Crippen LogP contribution in [0.1, 0.15) is 21.1 Å². The average Bonchev–Trinajstić information content (AvgIpc) is 3.52. The number of esters is 2. The molecule has 0 bridgehead atoms. The van der Waals surface area contributed by atoms with Gasteiger partial charge in [-0.3, -0.25) is 0 Å². The number of hydrogen-bond donors (Lipinski definition) is 0. The molecule has 8 heteroatoms. The molecule has 4 aromatic heterocycles. The van der Waals surface area contributed by atoms with Crippen LogP contribution in [0.15, 0.2) is 78.7 Å². The largest absolute Gasteiger partial charge is 0.463 e. The van der Waals surface area contributed by atoms with Crippen LogP contribution in [0.3, 0.4) is 0 Å². The molecule has 0 amide bonds. The molecule has 0 aliphatic heterocycles. The first-order valence-corrected chi connectivity index (χ1v) is 8.06. The third-order valence-corrected chi connectivity index (χ3v) is 3.51. The van der Waals surface area contributed by atoms with Crippen molar-refractivity contribution >= 4 is 11.9 Å². The van der Waals surface area contributed by atoms with Crippen LogP contribution in [-0.2, 0) is 9.47 Å².